The van der Waals surface area contributed by atoms with E-state index in [1.54, 1.807) is 24.3 Å². The second-order valence-corrected chi connectivity index (χ2v) is 8.14. The van der Waals surface area contributed by atoms with Crippen molar-refractivity contribution in [1.82, 2.24) is 4.90 Å². The summed E-state index contributed by atoms with van der Waals surface area (Å²) in [4.78, 5) is 36.9. The Bertz CT molecular complexity index is 1070. The number of carbonyl (C=O) groups excluding carboxylic acids is 2. The van der Waals surface area contributed by atoms with Crippen LogP contribution in [0.25, 0.3) is 6.08 Å². The second-order valence-electron chi connectivity index (χ2n) is 6.33. The standard InChI is InChI=1S/C21H17Cl2NO7S/c1-29-15-4-2-3-5-16(15)30-7-6-24-20(27)17(32-21(24)28)10-12-8-13(22)19(14(23)9-12)31-11-18(25)26/h2-5,8-10H,6-7,11H2,1H3,(H,25,26)/b17-10-. The van der Waals surface area contributed by atoms with Crippen LogP contribution in [-0.2, 0) is 9.59 Å². The lowest BCUT2D eigenvalue weighted by atomic mass is 10.2. The van der Waals surface area contributed by atoms with Gasteiger partial charge in [0.05, 0.1) is 28.6 Å². The minimum absolute atomic E-state index is 0.0227. The highest BCUT2D eigenvalue weighted by Crippen LogP contribution is 2.37. The second kappa shape index (κ2) is 10.6. The maximum absolute atomic E-state index is 12.7. The van der Waals surface area contributed by atoms with Gasteiger partial charge in [-0.2, -0.15) is 0 Å². The molecule has 3 rings (SSSR count). The van der Waals surface area contributed by atoms with Gasteiger partial charge in [0.1, 0.15) is 6.61 Å². The van der Waals surface area contributed by atoms with Crippen LogP contribution in [0.4, 0.5) is 4.79 Å². The summed E-state index contributed by atoms with van der Waals surface area (Å²) in [6.07, 6.45) is 1.48. The van der Waals surface area contributed by atoms with Crippen LogP contribution in [0.15, 0.2) is 41.3 Å². The van der Waals surface area contributed by atoms with Crippen molar-refractivity contribution in [2.45, 2.75) is 0 Å². The summed E-state index contributed by atoms with van der Waals surface area (Å²) >= 11 is 13.0. The molecule has 8 nitrogen and oxygen atoms in total. The summed E-state index contributed by atoms with van der Waals surface area (Å²) in [7, 11) is 1.52. The Balaban J connectivity index is 1.68. The van der Waals surface area contributed by atoms with Gasteiger partial charge < -0.3 is 19.3 Å². The number of methoxy groups -OCH3 is 1. The van der Waals surface area contributed by atoms with E-state index in [1.165, 1.54) is 25.3 Å². The summed E-state index contributed by atoms with van der Waals surface area (Å²) in [6.45, 7) is -0.447. The molecule has 0 atom stereocenters. The first-order chi connectivity index (χ1) is 15.3. The molecule has 1 aliphatic rings. The van der Waals surface area contributed by atoms with Crippen molar-refractivity contribution in [1.29, 1.82) is 0 Å². The van der Waals surface area contributed by atoms with Gasteiger partial charge in [0.2, 0.25) is 0 Å². The first-order valence-electron chi connectivity index (χ1n) is 9.15. The molecule has 0 aliphatic carbocycles. The number of amides is 2. The molecule has 0 unspecified atom stereocenters. The van der Waals surface area contributed by atoms with E-state index in [0.717, 1.165) is 16.7 Å². The molecular formula is C21H17Cl2NO7S. The lowest BCUT2D eigenvalue weighted by Crippen LogP contribution is -2.32. The van der Waals surface area contributed by atoms with Crippen LogP contribution in [0.5, 0.6) is 17.2 Å². The Labute approximate surface area is 197 Å². The molecule has 0 radical (unpaired) electrons. The number of nitrogens with zero attached hydrogens (tertiary/aromatic N) is 1. The molecule has 0 spiro atoms. The van der Waals surface area contributed by atoms with Gasteiger partial charge in [0, 0.05) is 0 Å². The number of ether oxygens (including phenoxy) is 3. The van der Waals surface area contributed by atoms with Crippen LogP contribution in [0.1, 0.15) is 5.56 Å². The molecule has 2 aromatic rings. The zero-order valence-corrected chi connectivity index (χ0v) is 19.0. The number of carbonyl (C=O) groups is 3. The van der Waals surface area contributed by atoms with E-state index in [4.69, 9.17) is 42.5 Å². The Morgan fingerprint density at radius 1 is 1.12 bits per heavy atom. The van der Waals surface area contributed by atoms with Gasteiger partial charge in [0.15, 0.2) is 23.9 Å². The summed E-state index contributed by atoms with van der Waals surface area (Å²) in [5.74, 6) is -0.570. The first-order valence-corrected chi connectivity index (χ1v) is 10.7. The molecule has 0 bridgehead atoms. The van der Waals surface area contributed by atoms with Crippen LogP contribution < -0.4 is 14.2 Å². The van der Waals surface area contributed by atoms with Crippen LogP contribution in [0.3, 0.4) is 0 Å². The van der Waals surface area contributed by atoms with Crippen molar-refractivity contribution < 1.29 is 33.7 Å². The number of halogens is 2. The number of hydrogen-bond donors (Lipinski definition) is 1. The summed E-state index contributed by atoms with van der Waals surface area (Å²) in [5, 5.41) is 8.45. The molecule has 2 amide bonds. The predicted octanol–water partition coefficient (Wildman–Crippen LogP) is 4.58. The van der Waals surface area contributed by atoms with E-state index in [1.807, 2.05) is 0 Å². The lowest BCUT2D eigenvalue weighted by Gasteiger charge is -2.14. The Kier molecular flexibility index (Phi) is 7.89. The predicted molar refractivity (Wildman–Crippen MR) is 121 cm³/mol. The van der Waals surface area contributed by atoms with Gasteiger partial charge in [-0.25, -0.2) is 4.79 Å². The molecule has 1 fully saturated rings. The lowest BCUT2D eigenvalue weighted by molar-refractivity contribution is -0.139. The quantitative estimate of drug-likeness (QED) is 0.502. The summed E-state index contributed by atoms with van der Waals surface area (Å²) in [6, 6.07) is 9.98. The third kappa shape index (κ3) is 5.67. The fourth-order valence-corrected chi connectivity index (χ4v) is 4.24. The zero-order chi connectivity index (χ0) is 23.3. The largest absolute Gasteiger partial charge is 0.493 e. The van der Waals surface area contributed by atoms with Crippen molar-refractivity contribution in [2.75, 3.05) is 26.9 Å². The highest BCUT2D eigenvalue weighted by atomic mass is 35.5. The van der Waals surface area contributed by atoms with Crippen LogP contribution >= 0.6 is 35.0 Å². The number of para-hydroxylation sites is 2. The van der Waals surface area contributed by atoms with Gasteiger partial charge in [-0.05, 0) is 47.7 Å². The fourth-order valence-electron chi connectivity index (χ4n) is 2.76. The topological polar surface area (TPSA) is 102 Å². The highest BCUT2D eigenvalue weighted by molar-refractivity contribution is 8.18. The molecule has 32 heavy (non-hydrogen) atoms. The SMILES string of the molecule is COc1ccccc1OCCN1C(=O)S/C(=C\c2cc(Cl)c(OCC(=O)O)c(Cl)c2)C1=O. The minimum atomic E-state index is -1.18. The number of hydrogen-bond acceptors (Lipinski definition) is 7. The molecule has 1 saturated heterocycles. The van der Waals surface area contributed by atoms with E-state index in [-0.39, 0.29) is 33.9 Å². The maximum Gasteiger partial charge on any atom is 0.341 e. The summed E-state index contributed by atoms with van der Waals surface area (Å²) in [5.41, 5.74) is 0.457. The normalized spacial score (nSPS) is 14.7. The molecule has 2 aromatic carbocycles. The van der Waals surface area contributed by atoms with E-state index < -0.39 is 23.7 Å². The van der Waals surface area contributed by atoms with Gasteiger partial charge in [-0.1, -0.05) is 35.3 Å². The average Bonchev–Trinajstić information content (AvgIpc) is 3.00. The number of thioether (sulfide) groups is 1. The Hall–Kier alpha value is -2.88. The number of rotatable bonds is 9. The van der Waals surface area contributed by atoms with Gasteiger partial charge in [0.25, 0.3) is 11.1 Å². The van der Waals surface area contributed by atoms with Crippen molar-refractivity contribution in [3.63, 3.8) is 0 Å². The van der Waals surface area contributed by atoms with Gasteiger partial charge in [-0.3, -0.25) is 14.5 Å². The van der Waals surface area contributed by atoms with E-state index in [2.05, 4.69) is 0 Å². The first kappa shape index (κ1) is 23.8. The molecule has 0 saturated carbocycles. The number of benzene rings is 2. The summed E-state index contributed by atoms with van der Waals surface area (Å²) < 4.78 is 15.9. The number of imide groups is 1. The van der Waals surface area contributed by atoms with Crippen molar-refractivity contribution in [2.24, 2.45) is 0 Å². The van der Waals surface area contributed by atoms with Gasteiger partial charge >= 0.3 is 5.97 Å². The average molecular weight is 498 g/mol. The highest BCUT2D eigenvalue weighted by Gasteiger charge is 2.35. The molecule has 168 valence electrons. The molecule has 1 aliphatic heterocycles. The monoisotopic (exact) mass is 497 g/mol. The number of carboxylic acid groups (broad SMARTS) is 1. The van der Waals surface area contributed by atoms with Crippen LogP contribution in [-0.4, -0.2) is 54.0 Å². The fraction of sp³-hybridized carbons (Fsp3) is 0.190. The Morgan fingerprint density at radius 2 is 1.78 bits per heavy atom. The van der Waals surface area contributed by atoms with Crippen LogP contribution in [0.2, 0.25) is 10.0 Å². The molecule has 1 N–H and O–H groups in total. The van der Waals surface area contributed by atoms with Crippen molar-refractivity contribution in [3.05, 3.63) is 56.9 Å². The van der Waals surface area contributed by atoms with Crippen LogP contribution in [0, 0.1) is 0 Å². The van der Waals surface area contributed by atoms with E-state index in [9.17, 15) is 14.4 Å². The smallest absolute Gasteiger partial charge is 0.341 e. The maximum atomic E-state index is 12.7. The Morgan fingerprint density at radius 3 is 2.41 bits per heavy atom. The third-order valence-electron chi connectivity index (χ3n) is 4.17. The minimum Gasteiger partial charge on any atom is -0.493 e. The van der Waals surface area contributed by atoms with Gasteiger partial charge in [-0.15, -0.1) is 0 Å². The zero-order valence-electron chi connectivity index (χ0n) is 16.7. The van der Waals surface area contributed by atoms with Crippen molar-refractivity contribution in [3.8, 4) is 17.2 Å². The van der Waals surface area contributed by atoms with E-state index >= 15 is 0 Å². The number of aliphatic carboxylic acids is 1. The molecule has 0 aromatic heterocycles. The molecule has 11 heteroatoms. The molecule has 1 heterocycles. The molecular weight excluding hydrogens is 481 g/mol. The van der Waals surface area contributed by atoms with Crippen molar-refractivity contribution >= 4 is 58.2 Å². The van der Waals surface area contributed by atoms with E-state index in [0.29, 0.717) is 17.1 Å². The third-order valence-corrected chi connectivity index (χ3v) is 5.64. The number of carboxylic acids is 1.